The van der Waals surface area contributed by atoms with Crippen molar-refractivity contribution in [3.8, 4) is 28.0 Å². The van der Waals surface area contributed by atoms with E-state index < -0.39 is 15.7 Å². The van der Waals surface area contributed by atoms with E-state index in [1.807, 2.05) is 24.3 Å². The molecule has 128 valence electrons. The molecule has 5 heteroatoms. The van der Waals surface area contributed by atoms with Gasteiger partial charge in [-0.1, -0.05) is 42.5 Å². The zero-order valence-corrected chi connectivity index (χ0v) is 14.7. The third-order valence-electron chi connectivity index (χ3n) is 3.98. The lowest BCUT2D eigenvalue weighted by Crippen LogP contribution is -1.96. The topological polar surface area (TPSA) is 43.4 Å². The molecular formula is C20H17FO3S. The van der Waals surface area contributed by atoms with Gasteiger partial charge in [-0.3, -0.25) is 0 Å². The fourth-order valence-electron chi connectivity index (χ4n) is 2.70. The monoisotopic (exact) mass is 356 g/mol. The van der Waals surface area contributed by atoms with Gasteiger partial charge in [-0.05, 0) is 46.5 Å². The molecule has 0 aromatic heterocycles. The van der Waals surface area contributed by atoms with Crippen molar-refractivity contribution in [2.24, 2.45) is 0 Å². The van der Waals surface area contributed by atoms with E-state index in [0.29, 0.717) is 0 Å². The van der Waals surface area contributed by atoms with Crippen LogP contribution in [0.1, 0.15) is 0 Å². The summed E-state index contributed by atoms with van der Waals surface area (Å²) in [7, 11) is -1.81. The van der Waals surface area contributed by atoms with Gasteiger partial charge in [0.05, 0.1) is 12.0 Å². The highest BCUT2D eigenvalue weighted by molar-refractivity contribution is 7.90. The van der Waals surface area contributed by atoms with E-state index in [9.17, 15) is 12.8 Å². The minimum Gasteiger partial charge on any atom is -0.494 e. The summed E-state index contributed by atoms with van der Waals surface area (Å²) in [6.07, 6.45) is 1.18. The highest BCUT2D eigenvalue weighted by Gasteiger charge is 2.12. The molecule has 0 aliphatic rings. The van der Waals surface area contributed by atoms with Gasteiger partial charge < -0.3 is 4.74 Å². The molecule has 0 bridgehead atoms. The maximum atomic E-state index is 14.1. The Labute approximate surface area is 146 Å². The van der Waals surface area contributed by atoms with E-state index in [-0.39, 0.29) is 10.6 Å². The van der Waals surface area contributed by atoms with Gasteiger partial charge in [0.15, 0.2) is 21.4 Å². The molecule has 0 aliphatic heterocycles. The zero-order valence-electron chi connectivity index (χ0n) is 13.9. The van der Waals surface area contributed by atoms with Gasteiger partial charge in [-0.25, -0.2) is 12.8 Å². The van der Waals surface area contributed by atoms with Crippen LogP contribution in [-0.4, -0.2) is 21.8 Å². The predicted octanol–water partition coefficient (Wildman–Crippen LogP) is 4.57. The molecule has 0 atom stereocenters. The van der Waals surface area contributed by atoms with E-state index in [4.69, 9.17) is 4.74 Å². The Kier molecular flexibility index (Phi) is 4.59. The molecule has 0 aliphatic carbocycles. The smallest absolute Gasteiger partial charge is 0.175 e. The third-order valence-corrected chi connectivity index (χ3v) is 5.11. The Morgan fingerprint density at radius 3 is 1.92 bits per heavy atom. The number of benzene rings is 3. The number of halogens is 1. The summed E-state index contributed by atoms with van der Waals surface area (Å²) in [4.78, 5) is 0.268. The van der Waals surface area contributed by atoms with Crippen molar-refractivity contribution < 1.29 is 17.5 Å². The van der Waals surface area contributed by atoms with Crippen LogP contribution in [0.4, 0.5) is 4.39 Å². The molecule has 0 saturated heterocycles. The highest BCUT2D eigenvalue weighted by atomic mass is 32.2. The van der Waals surface area contributed by atoms with E-state index in [2.05, 4.69) is 0 Å². The minimum atomic E-state index is -3.24. The molecule has 0 radical (unpaired) electrons. The molecule has 25 heavy (non-hydrogen) atoms. The van der Waals surface area contributed by atoms with Crippen molar-refractivity contribution in [3.05, 3.63) is 72.5 Å². The number of methoxy groups -OCH3 is 1. The Bertz CT molecular complexity index is 1010. The van der Waals surface area contributed by atoms with E-state index in [1.54, 1.807) is 36.4 Å². The first-order chi connectivity index (χ1) is 11.9. The summed E-state index contributed by atoms with van der Waals surface area (Å²) in [6.45, 7) is 0. The van der Waals surface area contributed by atoms with Crippen molar-refractivity contribution in [3.63, 3.8) is 0 Å². The average molecular weight is 356 g/mol. The van der Waals surface area contributed by atoms with Crippen LogP contribution in [0.3, 0.4) is 0 Å². The molecule has 0 amide bonds. The van der Waals surface area contributed by atoms with Gasteiger partial charge in [0.2, 0.25) is 0 Å². The van der Waals surface area contributed by atoms with Crippen molar-refractivity contribution in [2.45, 2.75) is 4.90 Å². The maximum Gasteiger partial charge on any atom is 0.175 e. The molecule has 0 saturated carbocycles. The Balaban J connectivity index is 2.09. The summed E-state index contributed by atoms with van der Waals surface area (Å²) < 4.78 is 42.3. The van der Waals surface area contributed by atoms with E-state index in [1.165, 1.54) is 19.4 Å². The van der Waals surface area contributed by atoms with Crippen LogP contribution in [0.5, 0.6) is 5.75 Å². The molecular weight excluding hydrogens is 339 g/mol. The molecule has 3 nitrogen and oxygen atoms in total. The average Bonchev–Trinajstić information content (AvgIpc) is 2.61. The largest absolute Gasteiger partial charge is 0.494 e. The van der Waals surface area contributed by atoms with Crippen molar-refractivity contribution in [1.82, 2.24) is 0 Å². The van der Waals surface area contributed by atoms with Crippen molar-refractivity contribution >= 4 is 9.84 Å². The van der Waals surface area contributed by atoms with Crippen molar-refractivity contribution in [2.75, 3.05) is 13.4 Å². The highest BCUT2D eigenvalue weighted by Crippen LogP contribution is 2.34. The normalized spacial score (nSPS) is 11.3. The van der Waals surface area contributed by atoms with Crippen LogP contribution >= 0.6 is 0 Å². The van der Waals surface area contributed by atoms with Gasteiger partial charge in [0.25, 0.3) is 0 Å². The number of sulfone groups is 1. The Hall–Kier alpha value is -2.66. The molecule has 3 rings (SSSR count). The van der Waals surface area contributed by atoms with Crippen LogP contribution in [0, 0.1) is 5.82 Å². The fourth-order valence-corrected chi connectivity index (χ4v) is 3.33. The van der Waals surface area contributed by atoms with Crippen LogP contribution in [-0.2, 0) is 9.84 Å². The minimum absolute atomic E-state index is 0.193. The van der Waals surface area contributed by atoms with Crippen LogP contribution in [0.15, 0.2) is 71.6 Å². The van der Waals surface area contributed by atoms with Crippen LogP contribution in [0.25, 0.3) is 22.3 Å². The first-order valence-corrected chi connectivity index (χ1v) is 9.53. The summed E-state index contributed by atoms with van der Waals surface area (Å²) in [6, 6.07) is 19.1. The molecule has 0 N–H and O–H groups in total. The number of rotatable bonds is 4. The molecule has 0 fully saturated rings. The number of hydrogen-bond acceptors (Lipinski definition) is 3. The Morgan fingerprint density at radius 1 is 0.840 bits per heavy atom. The van der Waals surface area contributed by atoms with E-state index >= 15 is 0 Å². The zero-order chi connectivity index (χ0) is 18.0. The van der Waals surface area contributed by atoms with Crippen LogP contribution < -0.4 is 4.74 Å². The lowest BCUT2D eigenvalue weighted by atomic mass is 9.94. The van der Waals surface area contributed by atoms with Crippen molar-refractivity contribution in [1.29, 1.82) is 0 Å². The van der Waals surface area contributed by atoms with Gasteiger partial charge in [-0.2, -0.15) is 0 Å². The second kappa shape index (κ2) is 6.69. The first-order valence-electron chi connectivity index (χ1n) is 7.63. The molecule has 0 heterocycles. The lowest BCUT2D eigenvalue weighted by molar-refractivity contribution is 0.386. The second-order valence-corrected chi connectivity index (χ2v) is 7.71. The fraction of sp³-hybridized carbons (Fsp3) is 0.100. The third kappa shape index (κ3) is 3.56. The predicted molar refractivity (Wildman–Crippen MR) is 96.9 cm³/mol. The van der Waals surface area contributed by atoms with E-state index in [0.717, 1.165) is 22.3 Å². The summed E-state index contributed by atoms with van der Waals surface area (Å²) in [5, 5.41) is 0. The van der Waals surface area contributed by atoms with Gasteiger partial charge in [0.1, 0.15) is 0 Å². The number of ether oxygens (including phenoxy) is 1. The second-order valence-electron chi connectivity index (χ2n) is 5.69. The Morgan fingerprint density at radius 2 is 1.40 bits per heavy atom. The summed E-state index contributed by atoms with van der Waals surface area (Å²) >= 11 is 0. The molecule has 3 aromatic carbocycles. The molecule has 0 spiro atoms. The molecule has 0 unspecified atom stereocenters. The first kappa shape index (κ1) is 17.2. The summed E-state index contributed by atoms with van der Waals surface area (Å²) in [5.41, 5.74) is 3.34. The van der Waals surface area contributed by atoms with Gasteiger partial charge >= 0.3 is 0 Å². The SMILES string of the molecule is COc1ccc(-c2ccccc2-c2ccc(S(C)(=O)=O)cc2)cc1F. The van der Waals surface area contributed by atoms with Crippen LogP contribution in [0.2, 0.25) is 0 Å². The quantitative estimate of drug-likeness (QED) is 0.688. The molecule has 3 aromatic rings. The standard InChI is InChI=1S/C20H17FO3S/c1-24-20-12-9-15(13-19(20)21)18-6-4-3-5-17(18)14-7-10-16(11-8-14)25(2,22)23/h3-13H,1-2H3. The maximum absolute atomic E-state index is 14.1. The van der Waals surface area contributed by atoms with Gasteiger partial charge in [0, 0.05) is 6.26 Å². The van der Waals surface area contributed by atoms with Gasteiger partial charge in [-0.15, -0.1) is 0 Å². The number of hydrogen-bond donors (Lipinski definition) is 0. The lowest BCUT2D eigenvalue weighted by Gasteiger charge is -2.12. The summed E-state index contributed by atoms with van der Waals surface area (Å²) in [5.74, 6) is -0.235.